The average Bonchev–Trinajstić information content (AvgIpc) is 3.24. The van der Waals surface area contributed by atoms with E-state index in [-0.39, 0.29) is 29.6 Å². The fourth-order valence-electron chi connectivity index (χ4n) is 6.04. The molecule has 3 atom stereocenters. The minimum Gasteiger partial charge on any atom is -0.464 e. The molecule has 0 aliphatic carbocycles. The van der Waals surface area contributed by atoms with Crippen molar-refractivity contribution in [2.75, 3.05) is 22.4 Å². The number of anilines is 2. The number of ether oxygens (including phenoxy) is 1. The Bertz CT molecular complexity index is 1590. The molecule has 0 aromatic heterocycles. The summed E-state index contributed by atoms with van der Waals surface area (Å²) in [5.41, 5.74) is 1.24. The van der Waals surface area contributed by atoms with E-state index in [1.807, 2.05) is 6.92 Å². The van der Waals surface area contributed by atoms with E-state index in [9.17, 15) is 22.4 Å². The Balaban J connectivity index is 1.91. The van der Waals surface area contributed by atoms with Gasteiger partial charge in [-0.25, -0.2) is 17.6 Å². The van der Waals surface area contributed by atoms with Crippen LogP contribution in [0.4, 0.5) is 15.8 Å². The number of fused-ring (bicyclic) bond motifs is 3. The van der Waals surface area contributed by atoms with Crippen LogP contribution in [0.1, 0.15) is 36.5 Å². The van der Waals surface area contributed by atoms with Crippen molar-refractivity contribution in [1.82, 2.24) is 0 Å². The third-order valence-electron chi connectivity index (χ3n) is 7.66. The topological polar surface area (TPSA) is 84.0 Å². The SMILES string of the molecule is C=CC1c2ccc(F)cc2N(S(=O)(=O)c2ccc(C)cc2)C(C(=O)OCC)C12CN(C(C)=O)c1ccccc12. The maximum absolute atomic E-state index is 14.8. The van der Waals surface area contributed by atoms with E-state index < -0.39 is 39.2 Å². The third kappa shape index (κ3) is 3.95. The normalized spacial score (nSPS) is 21.8. The maximum atomic E-state index is 14.8. The minimum atomic E-state index is -4.43. The number of halogens is 1. The molecule has 2 heterocycles. The van der Waals surface area contributed by atoms with Crippen molar-refractivity contribution in [2.45, 2.75) is 43.0 Å². The number of amides is 1. The molecule has 9 heteroatoms. The predicted molar refractivity (Wildman–Crippen MR) is 147 cm³/mol. The minimum absolute atomic E-state index is 0.00141. The maximum Gasteiger partial charge on any atom is 0.331 e. The molecule has 202 valence electrons. The highest BCUT2D eigenvalue weighted by Crippen LogP contribution is 2.58. The molecule has 1 amide bonds. The van der Waals surface area contributed by atoms with Crippen molar-refractivity contribution < 1.29 is 27.1 Å². The van der Waals surface area contributed by atoms with E-state index in [2.05, 4.69) is 6.58 Å². The van der Waals surface area contributed by atoms with Gasteiger partial charge in [-0.1, -0.05) is 48.0 Å². The summed E-state index contributed by atoms with van der Waals surface area (Å²) < 4.78 is 50.2. The number of rotatable bonds is 5. The van der Waals surface area contributed by atoms with Crippen LogP contribution in [0.2, 0.25) is 0 Å². The Hall–Kier alpha value is -3.98. The van der Waals surface area contributed by atoms with Crippen LogP contribution in [0, 0.1) is 12.7 Å². The summed E-state index contributed by atoms with van der Waals surface area (Å²) in [5.74, 6) is -2.37. The molecule has 0 N–H and O–H groups in total. The fourth-order valence-corrected chi connectivity index (χ4v) is 7.71. The highest BCUT2D eigenvalue weighted by molar-refractivity contribution is 7.93. The first-order valence-corrected chi connectivity index (χ1v) is 14.1. The lowest BCUT2D eigenvalue weighted by Crippen LogP contribution is -2.64. The van der Waals surface area contributed by atoms with Crippen molar-refractivity contribution in [3.63, 3.8) is 0 Å². The Morgan fingerprint density at radius 3 is 2.44 bits per heavy atom. The van der Waals surface area contributed by atoms with Gasteiger partial charge in [-0.05, 0) is 55.3 Å². The summed E-state index contributed by atoms with van der Waals surface area (Å²) >= 11 is 0. The van der Waals surface area contributed by atoms with E-state index in [0.717, 1.165) is 15.9 Å². The number of sulfonamides is 1. The second-order valence-corrected chi connectivity index (χ2v) is 11.7. The van der Waals surface area contributed by atoms with Gasteiger partial charge in [0.1, 0.15) is 5.82 Å². The number of carbonyl (C=O) groups is 2. The molecule has 0 saturated carbocycles. The molecule has 1 spiro atoms. The zero-order chi connectivity index (χ0) is 28.1. The van der Waals surface area contributed by atoms with E-state index in [4.69, 9.17) is 4.74 Å². The number of para-hydroxylation sites is 1. The first kappa shape index (κ1) is 26.6. The van der Waals surface area contributed by atoms with Crippen molar-refractivity contribution in [3.8, 4) is 0 Å². The van der Waals surface area contributed by atoms with Crippen LogP contribution in [0.25, 0.3) is 0 Å². The Labute approximate surface area is 227 Å². The van der Waals surface area contributed by atoms with Crippen molar-refractivity contribution >= 4 is 33.3 Å². The Kier molecular flexibility index (Phi) is 6.58. The number of aryl methyl sites for hydroxylation is 1. The zero-order valence-corrected chi connectivity index (χ0v) is 22.7. The summed E-state index contributed by atoms with van der Waals surface area (Å²) in [6.07, 6.45) is 1.64. The van der Waals surface area contributed by atoms with Crippen molar-refractivity contribution in [3.05, 3.63) is 102 Å². The first-order valence-electron chi connectivity index (χ1n) is 12.6. The van der Waals surface area contributed by atoms with Crippen LogP contribution in [0.3, 0.4) is 0 Å². The van der Waals surface area contributed by atoms with E-state index in [1.165, 1.54) is 31.2 Å². The van der Waals surface area contributed by atoms with Crippen LogP contribution in [-0.4, -0.2) is 39.5 Å². The first-order chi connectivity index (χ1) is 18.6. The predicted octanol–water partition coefficient (Wildman–Crippen LogP) is 4.85. The number of allylic oxidation sites excluding steroid dienone is 1. The van der Waals surface area contributed by atoms with Crippen LogP contribution in [0.5, 0.6) is 0 Å². The number of carbonyl (C=O) groups excluding carboxylic acids is 2. The molecule has 2 aliphatic rings. The molecule has 3 unspecified atom stereocenters. The fraction of sp³-hybridized carbons (Fsp3) is 0.267. The van der Waals surface area contributed by atoms with E-state index >= 15 is 0 Å². The van der Waals surface area contributed by atoms with Gasteiger partial charge >= 0.3 is 5.97 Å². The molecule has 0 fully saturated rings. The molecular weight excluding hydrogens is 519 g/mol. The molecule has 3 aromatic carbocycles. The molecule has 0 radical (unpaired) electrons. The number of benzene rings is 3. The van der Waals surface area contributed by atoms with Gasteiger partial charge in [0, 0.05) is 25.1 Å². The van der Waals surface area contributed by atoms with Crippen molar-refractivity contribution in [2.24, 2.45) is 0 Å². The molecule has 5 rings (SSSR count). The number of hydrogen-bond donors (Lipinski definition) is 0. The lowest BCUT2D eigenvalue weighted by atomic mass is 9.61. The van der Waals surface area contributed by atoms with E-state index in [0.29, 0.717) is 16.8 Å². The summed E-state index contributed by atoms with van der Waals surface area (Å²) in [5, 5.41) is 0. The van der Waals surface area contributed by atoms with Crippen LogP contribution < -0.4 is 9.21 Å². The Morgan fingerprint density at radius 2 is 1.79 bits per heavy atom. The van der Waals surface area contributed by atoms with Gasteiger partial charge in [0.15, 0.2) is 6.04 Å². The lowest BCUT2D eigenvalue weighted by molar-refractivity contribution is -0.146. The molecule has 0 bridgehead atoms. The van der Waals surface area contributed by atoms with Crippen LogP contribution in [-0.2, 0) is 29.8 Å². The summed E-state index contributed by atoms with van der Waals surface area (Å²) in [4.78, 5) is 28.3. The van der Waals surface area contributed by atoms with Crippen LogP contribution >= 0.6 is 0 Å². The van der Waals surface area contributed by atoms with E-state index in [1.54, 1.807) is 54.3 Å². The van der Waals surface area contributed by atoms with Gasteiger partial charge < -0.3 is 9.64 Å². The highest BCUT2D eigenvalue weighted by Gasteiger charge is 2.63. The van der Waals surface area contributed by atoms with Gasteiger partial charge in [-0.2, -0.15) is 0 Å². The third-order valence-corrected chi connectivity index (χ3v) is 9.46. The molecule has 3 aromatic rings. The van der Waals surface area contributed by atoms with Gasteiger partial charge in [-0.15, -0.1) is 6.58 Å². The quantitative estimate of drug-likeness (QED) is 0.336. The molecule has 0 saturated heterocycles. The molecule has 2 aliphatic heterocycles. The smallest absolute Gasteiger partial charge is 0.331 e. The number of esters is 1. The van der Waals surface area contributed by atoms with Gasteiger partial charge in [0.25, 0.3) is 10.0 Å². The number of hydrogen-bond acceptors (Lipinski definition) is 5. The van der Waals surface area contributed by atoms with Gasteiger partial charge in [-0.3, -0.25) is 9.10 Å². The second kappa shape index (κ2) is 9.64. The van der Waals surface area contributed by atoms with Gasteiger partial charge in [0.05, 0.1) is 22.6 Å². The summed E-state index contributed by atoms with van der Waals surface area (Å²) in [6, 6.07) is 15.8. The highest BCUT2D eigenvalue weighted by atomic mass is 32.2. The monoisotopic (exact) mass is 548 g/mol. The van der Waals surface area contributed by atoms with Crippen molar-refractivity contribution in [1.29, 1.82) is 0 Å². The zero-order valence-electron chi connectivity index (χ0n) is 21.9. The summed E-state index contributed by atoms with van der Waals surface area (Å²) in [6.45, 7) is 8.93. The molecule has 7 nitrogen and oxygen atoms in total. The van der Waals surface area contributed by atoms with Crippen LogP contribution in [0.15, 0.2) is 84.3 Å². The number of nitrogens with zero attached hydrogens (tertiary/aromatic N) is 2. The summed E-state index contributed by atoms with van der Waals surface area (Å²) in [7, 11) is -4.43. The lowest BCUT2D eigenvalue weighted by Gasteiger charge is -2.51. The molecule has 39 heavy (non-hydrogen) atoms. The standard InChI is InChI=1S/C30H29FN2O5S/c1-5-24-23-16-13-21(31)17-27(23)33(39(36,37)22-14-11-19(3)12-15-22)28(29(35)38-6-2)30(24)18-32(20(4)34)26-10-8-7-9-25(26)30/h5,7-17,24,28H,1,6,18H2,2-4H3. The Morgan fingerprint density at radius 1 is 1.10 bits per heavy atom. The molecular formula is C30H29FN2O5S. The second-order valence-electron chi connectivity index (χ2n) is 9.85. The largest absolute Gasteiger partial charge is 0.464 e. The average molecular weight is 549 g/mol. The van der Waals surface area contributed by atoms with Gasteiger partial charge in [0.2, 0.25) is 5.91 Å².